The molecule has 19 heavy (non-hydrogen) atoms. The summed E-state index contributed by atoms with van der Waals surface area (Å²) in [5.41, 5.74) is 0. The van der Waals surface area contributed by atoms with E-state index in [9.17, 15) is 9.59 Å². The summed E-state index contributed by atoms with van der Waals surface area (Å²) < 4.78 is 0. The fourth-order valence-corrected chi connectivity index (χ4v) is 3.06. The van der Waals surface area contributed by atoms with Crippen LogP contribution in [0, 0.1) is 5.92 Å². The summed E-state index contributed by atoms with van der Waals surface area (Å²) in [7, 11) is 0. The minimum Gasteiger partial charge on any atom is -0.344 e. The molecule has 2 amide bonds. The number of rotatable bonds is 5. The first-order valence-electron chi connectivity index (χ1n) is 7.54. The molecule has 2 atom stereocenters. The van der Waals surface area contributed by atoms with Gasteiger partial charge in [0.25, 0.3) is 0 Å². The highest BCUT2D eigenvalue weighted by Crippen LogP contribution is 2.30. The molecule has 1 aliphatic carbocycles. The van der Waals surface area contributed by atoms with Gasteiger partial charge in [-0.25, -0.2) is 0 Å². The van der Waals surface area contributed by atoms with E-state index in [1.807, 2.05) is 4.90 Å². The highest BCUT2D eigenvalue weighted by molar-refractivity contribution is 5.90. The van der Waals surface area contributed by atoms with Gasteiger partial charge < -0.3 is 15.5 Å². The van der Waals surface area contributed by atoms with Crippen LogP contribution in [0.25, 0.3) is 0 Å². The van der Waals surface area contributed by atoms with Crippen LogP contribution < -0.4 is 10.6 Å². The van der Waals surface area contributed by atoms with Gasteiger partial charge in [-0.3, -0.25) is 9.59 Å². The van der Waals surface area contributed by atoms with Crippen molar-refractivity contribution < 1.29 is 9.59 Å². The van der Waals surface area contributed by atoms with Crippen LogP contribution in [0.4, 0.5) is 0 Å². The van der Waals surface area contributed by atoms with Crippen molar-refractivity contribution in [3.8, 4) is 0 Å². The van der Waals surface area contributed by atoms with Crippen molar-refractivity contribution >= 4 is 11.8 Å². The van der Waals surface area contributed by atoms with Crippen LogP contribution in [-0.2, 0) is 9.59 Å². The Morgan fingerprint density at radius 2 is 2.05 bits per heavy atom. The van der Waals surface area contributed by atoms with Crippen molar-refractivity contribution in [3.05, 3.63) is 0 Å². The fourth-order valence-electron chi connectivity index (χ4n) is 3.06. The van der Waals surface area contributed by atoms with Gasteiger partial charge in [-0.2, -0.15) is 0 Å². The Kier molecular flexibility index (Phi) is 3.73. The van der Waals surface area contributed by atoms with Crippen molar-refractivity contribution in [3.63, 3.8) is 0 Å². The molecular weight excluding hydrogens is 242 g/mol. The zero-order chi connectivity index (χ0) is 13.2. The first kappa shape index (κ1) is 12.9. The Morgan fingerprint density at radius 3 is 2.63 bits per heavy atom. The molecule has 2 N–H and O–H groups in total. The van der Waals surface area contributed by atoms with E-state index < -0.39 is 0 Å². The third kappa shape index (κ3) is 3.26. The lowest BCUT2D eigenvalue weighted by Gasteiger charge is -2.28. The zero-order valence-corrected chi connectivity index (χ0v) is 11.4. The van der Waals surface area contributed by atoms with Gasteiger partial charge >= 0.3 is 0 Å². The van der Waals surface area contributed by atoms with Crippen LogP contribution in [0.2, 0.25) is 0 Å². The Hall–Kier alpha value is -1.10. The topological polar surface area (TPSA) is 61.4 Å². The largest absolute Gasteiger partial charge is 0.344 e. The molecule has 0 aromatic heterocycles. The van der Waals surface area contributed by atoms with Gasteiger partial charge in [-0.15, -0.1) is 0 Å². The number of carbonyl (C=O) groups excluding carboxylic acids is 2. The Bertz CT molecular complexity index is 362. The number of hydrogen-bond acceptors (Lipinski definition) is 3. The van der Waals surface area contributed by atoms with E-state index in [1.54, 1.807) is 0 Å². The molecule has 0 aromatic rings. The lowest BCUT2D eigenvalue weighted by molar-refractivity contribution is -0.134. The summed E-state index contributed by atoms with van der Waals surface area (Å²) >= 11 is 0. The third-order valence-corrected chi connectivity index (χ3v) is 4.38. The summed E-state index contributed by atoms with van der Waals surface area (Å²) in [6.07, 6.45) is 6.02. The lowest BCUT2D eigenvalue weighted by Crippen LogP contribution is -2.49. The standard InChI is InChI=1S/C14H23N3O2/c18-13-6-5-12(16-13)14(19)17(8-10-3-4-10)9-11-2-1-7-15-11/h10-12,15H,1-9H2,(H,16,18). The molecule has 0 spiro atoms. The molecule has 2 unspecified atom stereocenters. The predicted octanol–water partition coefficient (Wildman–Crippen LogP) is 0.256. The normalized spacial score (nSPS) is 30.4. The number of nitrogens with zero attached hydrogens (tertiary/aromatic N) is 1. The van der Waals surface area contributed by atoms with Gasteiger partial charge in [-0.1, -0.05) is 0 Å². The monoisotopic (exact) mass is 265 g/mol. The van der Waals surface area contributed by atoms with Gasteiger partial charge in [0.15, 0.2) is 0 Å². The van der Waals surface area contributed by atoms with Crippen LogP contribution in [0.1, 0.15) is 38.5 Å². The average molecular weight is 265 g/mol. The molecule has 3 rings (SSSR count). The summed E-state index contributed by atoms with van der Waals surface area (Å²) in [6, 6.07) is 0.174. The Balaban J connectivity index is 1.59. The second kappa shape index (κ2) is 5.49. The lowest BCUT2D eigenvalue weighted by atomic mass is 10.1. The van der Waals surface area contributed by atoms with E-state index in [-0.39, 0.29) is 17.9 Å². The van der Waals surface area contributed by atoms with Crippen molar-refractivity contribution in [2.24, 2.45) is 5.92 Å². The molecule has 0 radical (unpaired) electrons. The fraction of sp³-hybridized carbons (Fsp3) is 0.857. The van der Waals surface area contributed by atoms with Crippen LogP contribution >= 0.6 is 0 Å². The molecule has 2 heterocycles. The number of amides is 2. The maximum absolute atomic E-state index is 12.5. The van der Waals surface area contributed by atoms with Gasteiger partial charge in [-0.05, 0) is 44.6 Å². The molecule has 0 aromatic carbocycles. The number of nitrogens with one attached hydrogen (secondary N) is 2. The van der Waals surface area contributed by atoms with Crippen molar-refractivity contribution in [2.75, 3.05) is 19.6 Å². The molecule has 2 saturated heterocycles. The molecule has 1 saturated carbocycles. The minimum atomic E-state index is -0.271. The van der Waals surface area contributed by atoms with Crippen LogP contribution in [0.5, 0.6) is 0 Å². The van der Waals surface area contributed by atoms with E-state index in [2.05, 4.69) is 10.6 Å². The SMILES string of the molecule is O=C1CCC(C(=O)N(CC2CC2)CC2CCCN2)N1. The summed E-state index contributed by atoms with van der Waals surface area (Å²) in [5, 5.41) is 6.26. The second-order valence-corrected chi connectivity index (χ2v) is 6.14. The maximum atomic E-state index is 12.5. The maximum Gasteiger partial charge on any atom is 0.245 e. The minimum absolute atomic E-state index is 0.0173. The highest BCUT2D eigenvalue weighted by Gasteiger charge is 2.35. The molecular formula is C14H23N3O2. The summed E-state index contributed by atoms with van der Waals surface area (Å²) in [4.78, 5) is 25.8. The average Bonchev–Trinajstić information content (AvgIpc) is 2.89. The Labute approximate surface area is 114 Å². The molecule has 2 aliphatic heterocycles. The predicted molar refractivity (Wildman–Crippen MR) is 71.5 cm³/mol. The van der Waals surface area contributed by atoms with E-state index in [0.717, 1.165) is 26.1 Å². The van der Waals surface area contributed by atoms with Crippen LogP contribution in [-0.4, -0.2) is 48.4 Å². The summed E-state index contributed by atoms with van der Waals surface area (Å²) in [5.74, 6) is 0.845. The van der Waals surface area contributed by atoms with E-state index in [4.69, 9.17) is 0 Å². The Morgan fingerprint density at radius 1 is 1.21 bits per heavy atom. The first-order valence-corrected chi connectivity index (χ1v) is 7.54. The second-order valence-electron chi connectivity index (χ2n) is 6.14. The molecule has 5 nitrogen and oxygen atoms in total. The smallest absolute Gasteiger partial charge is 0.245 e. The van der Waals surface area contributed by atoms with Crippen LogP contribution in [0.3, 0.4) is 0 Å². The zero-order valence-electron chi connectivity index (χ0n) is 11.4. The molecule has 5 heteroatoms. The molecule has 3 fully saturated rings. The number of carbonyl (C=O) groups is 2. The summed E-state index contributed by atoms with van der Waals surface area (Å²) in [6.45, 7) is 2.75. The van der Waals surface area contributed by atoms with Gasteiger partial charge in [0, 0.05) is 25.6 Å². The van der Waals surface area contributed by atoms with Gasteiger partial charge in [0.1, 0.15) is 6.04 Å². The van der Waals surface area contributed by atoms with Crippen molar-refractivity contribution in [1.29, 1.82) is 0 Å². The molecule has 0 bridgehead atoms. The van der Waals surface area contributed by atoms with Gasteiger partial charge in [0.05, 0.1) is 0 Å². The van der Waals surface area contributed by atoms with Crippen LogP contribution in [0.15, 0.2) is 0 Å². The highest BCUT2D eigenvalue weighted by atomic mass is 16.2. The quantitative estimate of drug-likeness (QED) is 0.749. The molecule has 106 valence electrons. The van der Waals surface area contributed by atoms with Gasteiger partial charge in [0.2, 0.25) is 11.8 Å². The van der Waals surface area contributed by atoms with E-state index in [0.29, 0.717) is 24.8 Å². The first-order chi connectivity index (χ1) is 9.22. The molecule has 3 aliphatic rings. The third-order valence-electron chi connectivity index (χ3n) is 4.38. The van der Waals surface area contributed by atoms with E-state index in [1.165, 1.54) is 19.3 Å². The number of hydrogen-bond donors (Lipinski definition) is 2. The van der Waals surface area contributed by atoms with Crippen molar-refractivity contribution in [2.45, 2.75) is 50.6 Å². The van der Waals surface area contributed by atoms with E-state index >= 15 is 0 Å². The van der Waals surface area contributed by atoms with Crippen molar-refractivity contribution in [1.82, 2.24) is 15.5 Å².